The lowest BCUT2D eigenvalue weighted by Crippen LogP contribution is -2.40. The summed E-state index contributed by atoms with van der Waals surface area (Å²) in [4.78, 5) is 13.9. The highest BCUT2D eigenvalue weighted by atomic mass is 16.6. The van der Waals surface area contributed by atoms with E-state index in [1.165, 1.54) is 11.1 Å². The van der Waals surface area contributed by atoms with Gasteiger partial charge in [-0.25, -0.2) is 4.79 Å². The molecule has 0 radical (unpaired) electrons. The van der Waals surface area contributed by atoms with Crippen LogP contribution in [-0.4, -0.2) is 36.2 Å². The Kier molecular flexibility index (Phi) is 7.39. The number of hydrogen-bond donors (Lipinski definition) is 1. The lowest BCUT2D eigenvalue weighted by atomic mass is 10.1. The minimum atomic E-state index is -0.446. The number of rotatable bonds is 7. The van der Waals surface area contributed by atoms with E-state index in [1.54, 1.807) is 4.90 Å². The Morgan fingerprint density at radius 1 is 1.27 bits per heavy atom. The van der Waals surface area contributed by atoms with Gasteiger partial charge in [-0.1, -0.05) is 36.8 Å². The Balaban J connectivity index is 2.39. The van der Waals surface area contributed by atoms with Gasteiger partial charge in [0.05, 0.1) is 0 Å². The van der Waals surface area contributed by atoms with Gasteiger partial charge in [-0.15, -0.1) is 0 Å². The molecule has 4 heteroatoms. The SMILES string of the molecule is CCCN(CCNCc1cccc(C)c1)C(=O)OC(C)(C)C. The van der Waals surface area contributed by atoms with Crippen molar-refractivity contribution in [1.82, 2.24) is 10.2 Å². The van der Waals surface area contributed by atoms with Crippen molar-refractivity contribution in [2.75, 3.05) is 19.6 Å². The molecule has 0 unspecified atom stereocenters. The Bertz CT molecular complexity index is 466. The molecule has 0 fully saturated rings. The number of nitrogens with one attached hydrogen (secondary N) is 1. The Morgan fingerprint density at radius 2 is 2.00 bits per heavy atom. The number of carbonyl (C=O) groups excluding carboxylic acids is 1. The first-order valence-electron chi connectivity index (χ1n) is 8.06. The molecule has 0 bridgehead atoms. The zero-order valence-electron chi connectivity index (χ0n) is 14.6. The van der Waals surface area contributed by atoms with E-state index >= 15 is 0 Å². The van der Waals surface area contributed by atoms with Gasteiger partial charge in [0.2, 0.25) is 0 Å². The zero-order chi connectivity index (χ0) is 16.6. The summed E-state index contributed by atoms with van der Waals surface area (Å²) in [5, 5.41) is 3.39. The van der Waals surface area contributed by atoms with Crippen molar-refractivity contribution in [3.05, 3.63) is 35.4 Å². The van der Waals surface area contributed by atoms with Crippen LogP contribution in [0.1, 0.15) is 45.2 Å². The van der Waals surface area contributed by atoms with Gasteiger partial charge in [-0.2, -0.15) is 0 Å². The predicted molar refractivity (Wildman–Crippen MR) is 91.0 cm³/mol. The van der Waals surface area contributed by atoms with E-state index in [4.69, 9.17) is 4.74 Å². The number of nitrogens with zero attached hydrogens (tertiary/aromatic N) is 1. The van der Waals surface area contributed by atoms with Crippen molar-refractivity contribution in [3.63, 3.8) is 0 Å². The molecule has 0 aliphatic heterocycles. The molecule has 0 aliphatic rings. The smallest absolute Gasteiger partial charge is 0.410 e. The average molecular weight is 306 g/mol. The third-order valence-corrected chi connectivity index (χ3v) is 3.12. The molecule has 22 heavy (non-hydrogen) atoms. The highest BCUT2D eigenvalue weighted by molar-refractivity contribution is 5.68. The highest BCUT2D eigenvalue weighted by Crippen LogP contribution is 2.10. The number of ether oxygens (including phenoxy) is 1. The number of hydrogen-bond acceptors (Lipinski definition) is 3. The van der Waals surface area contributed by atoms with Gasteiger partial charge in [0.15, 0.2) is 0 Å². The molecule has 0 aliphatic carbocycles. The average Bonchev–Trinajstić information content (AvgIpc) is 2.40. The van der Waals surface area contributed by atoms with Crippen LogP contribution in [0.5, 0.6) is 0 Å². The van der Waals surface area contributed by atoms with E-state index in [0.717, 1.165) is 26.1 Å². The fraction of sp³-hybridized carbons (Fsp3) is 0.611. The van der Waals surface area contributed by atoms with Crippen molar-refractivity contribution >= 4 is 6.09 Å². The van der Waals surface area contributed by atoms with Crippen LogP contribution >= 0.6 is 0 Å². The van der Waals surface area contributed by atoms with Crippen molar-refractivity contribution in [2.24, 2.45) is 0 Å². The number of benzene rings is 1. The van der Waals surface area contributed by atoms with Crippen LogP contribution in [0, 0.1) is 6.92 Å². The van der Waals surface area contributed by atoms with Gasteiger partial charge in [0.1, 0.15) is 5.60 Å². The third-order valence-electron chi connectivity index (χ3n) is 3.12. The lowest BCUT2D eigenvalue weighted by Gasteiger charge is -2.27. The molecule has 4 nitrogen and oxygen atoms in total. The molecule has 0 atom stereocenters. The molecule has 1 N–H and O–H groups in total. The second-order valence-corrected chi connectivity index (χ2v) is 6.63. The summed E-state index contributed by atoms with van der Waals surface area (Å²) < 4.78 is 5.44. The monoisotopic (exact) mass is 306 g/mol. The summed E-state index contributed by atoms with van der Waals surface area (Å²) in [5.41, 5.74) is 2.08. The molecular formula is C18H30N2O2. The Labute approximate surface area is 134 Å². The molecule has 1 amide bonds. The summed E-state index contributed by atoms with van der Waals surface area (Å²) in [7, 11) is 0. The van der Waals surface area contributed by atoms with Crippen LogP contribution in [0.4, 0.5) is 4.79 Å². The van der Waals surface area contributed by atoms with Crippen LogP contribution in [0.25, 0.3) is 0 Å². The molecular weight excluding hydrogens is 276 g/mol. The quantitative estimate of drug-likeness (QED) is 0.780. The maximum atomic E-state index is 12.1. The number of amides is 1. The normalized spacial score (nSPS) is 11.3. The minimum absolute atomic E-state index is 0.230. The fourth-order valence-corrected chi connectivity index (χ4v) is 2.16. The summed E-state index contributed by atoms with van der Waals surface area (Å²) in [6.45, 7) is 12.8. The largest absolute Gasteiger partial charge is 0.444 e. The van der Waals surface area contributed by atoms with Gasteiger partial charge in [0.25, 0.3) is 0 Å². The molecule has 0 aromatic heterocycles. The van der Waals surface area contributed by atoms with Gasteiger partial charge < -0.3 is 15.0 Å². The second-order valence-electron chi connectivity index (χ2n) is 6.63. The first-order valence-corrected chi connectivity index (χ1v) is 8.06. The Morgan fingerprint density at radius 3 is 2.59 bits per heavy atom. The van der Waals surface area contributed by atoms with E-state index in [1.807, 2.05) is 20.8 Å². The number of carbonyl (C=O) groups is 1. The van der Waals surface area contributed by atoms with Gasteiger partial charge in [-0.3, -0.25) is 0 Å². The van der Waals surface area contributed by atoms with Crippen molar-refractivity contribution < 1.29 is 9.53 Å². The van der Waals surface area contributed by atoms with Crippen LogP contribution in [0.15, 0.2) is 24.3 Å². The van der Waals surface area contributed by atoms with Gasteiger partial charge in [0, 0.05) is 26.2 Å². The molecule has 124 valence electrons. The predicted octanol–water partition coefficient (Wildman–Crippen LogP) is 3.73. The minimum Gasteiger partial charge on any atom is -0.444 e. The van der Waals surface area contributed by atoms with E-state index in [-0.39, 0.29) is 6.09 Å². The maximum Gasteiger partial charge on any atom is 0.410 e. The molecule has 0 heterocycles. The first-order chi connectivity index (χ1) is 10.3. The van der Waals surface area contributed by atoms with Crippen molar-refractivity contribution in [2.45, 2.75) is 53.2 Å². The van der Waals surface area contributed by atoms with Crippen molar-refractivity contribution in [3.8, 4) is 0 Å². The maximum absolute atomic E-state index is 12.1. The van der Waals surface area contributed by atoms with Crippen molar-refractivity contribution in [1.29, 1.82) is 0 Å². The lowest BCUT2D eigenvalue weighted by molar-refractivity contribution is 0.0252. The number of aryl methyl sites for hydroxylation is 1. The molecule has 0 saturated carbocycles. The Hall–Kier alpha value is -1.55. The molecule has 1 aromatic carbocycles. The fourth-order valence-electron chi connectivity index (χ4n) is 2.16. The first kappa shape index (κ1) is 18.5. The second kappa shape index (κ2) is 8.79. The van der Waals surface area contributed by atoms with E-state index in [2.05, 4.69) is 43.4 Å². The third kappa shape index (κ3) is 7.46. The summed E-state index contributed by atoms with van der Waals surface area (Å²) in [6, 6.07) is 8.44. The van der Waals surface area contributed by atoms with Gasteiger partial charge in [-0.05, 0) is 39.7 Å². The van der Waals surface area contributed by atoms with E-state index in [9.17, 15) is 4.79 Å². The van der Waals surface area contributed by atoms with E-state index < -0.39 is 5.60 Å². The molecule has 1 rings (SSSR count). The molecule has 0 saturated heterocycles. The summed E-state index contributed by atoms with van der Waals surface area (Å²) in [5.74, 6) is 0. The zero-order valence-corrected chi connectivity index (χ0v) is 14.6. The summed E-state index contributed by atoms with van der Waals surface area (Å²) >= 11 is 0. The standard InChI is InChI=1S/C18H30N2O2/c1-6-11-20(17(21)22-18(3,4)5)12-10-19-14-16-9-7-8-15(2)13-16/h7-9,13,19H,6,10-12,14H2,1-5H3. The van der Waals surface area contributed by atoms with Crippen LogP contribution in [0.3, 0.4) is 0 Å². The van der Waals surface area contributed by atoms with E-state index in [0.29, 0.717) is 6.54 Å². The summed E-state index contributed by atoms with van der Waals surface area (Å²) in [6.07, 6.45) is 0.698. The van der Waals surface area contributed by atoms with Crippen LogP contribution in [-0.2, 0) is 11.3 Å². The van der Waals surface area contributed by atoms with Crippen LogP contribution in [0.2, 0.25) is 0 Å². The van der Waals surface area contributed by atoms with Crippen LogP contribution < -0.4 is 5.32 Å². The molecule has 0 spiro atoms. The van der Waals surface area contributed by atoms with Gasteiger partial charge >= 0.3 is 6.09 Å². The molecule has 1 aromatic rings. The topological polar surface area (TPSA) is 41.6 Å². The highest BCUT2D eigenvalue weighted by Gasteiger charge is 2.21.